The lowest BCUT2D eigenvalue weighted by Crippen LogP contribution is -1.97. The highest BCUT2D eigenvalue weighted by Gasteiger charge is 2.21. The molecule has 1 aromatic heterocycles. The van der Waals surface area contributed by atoms with Gasteiger partial charge in [0.15, 0.2) is 0 Å². The van der Waals surface area contributed by atoms with E-state index >= 15 is 0 Å². The molecule has 1 heterocycles. The Morgan fingerprint density at radius 2 is 0.915 bits per heavy atom. The van der Waals surface area contributed by atoms with Crippen LogP contribution in [-0.4, -0.2) is 0 Å². The van der Waals surface area contributed by atoms with E-state index in [9.17, 15) is 0 Å². The van der Waals surface area contributed by atoms with Crippen LogP contribution in [0.1, 0.15) is 22.3 Å². The second kappa shape index (κ2) is 11.3. The molecule has 9 aromatic rings. The Hall–Kier alpha value is -6.18. The maximum absolute atomic E-state index is 6.82. The number of furan rings is 1. The lowest BCUT2D eigenvalue weighted by atomic mass is 9.85. The smallest absolute Gasteiger partial charge is 0.143 e. The number of benzene rings is 8. The highest BCUT2D eigenvalue weighted by Crippen LogP contribution is 2.43. The molecule has 0 aliphatic rings. The third-order valence-corrected chi connectivity index (χ3v) is 9.28. The van der Waals surface area contributed by atoms with Crippen LogP contribution in [-0.2, 0) is 0 Å². The second-order valence-corrected chi connectivity index (χ2v) is 12.0. The van der Waals surface area contributed by atoms with Crippen LogP contribution in [0.4, 0.5) is 0 Å². The zero-order valence-electron chi connectivity index (χ0n) is 25.7. The van der Waals surface area contributed by atoms with Gasteiger partial charge < -0.3 is 4.42 Å². The van der Waals surface area contributed by atoms with Gasteiger partial charge in [-0.05, 0) is 73.1 Å². The predicted molar refractivity (Wildman–Crippen MR) is 199 cm³/mol. The van der Waals surface area contributed by atoms with E-state index in [0.29, 0.717) is 0 Å². The van der Waals surface area contributed by atoms with Crippen LogP contribution in [0.25, 0.3) is 65.8 Å². The largest absolute Gasteiger partial charge is 0.455 e. The van der Waals surface area contributed by atoms with Gasteiger partial charge in [0.25, 0.3) is 0 Å². The molecule has 0 fully saturated rings. The van der Waals surface area contributed by atoms with Crippen LogP contribution in [0.15, 0.2) is 186 Å². The Morgan fingerprint density at radius 1 is 0.362 bits per heavy atom. The van der Waals surface area contributed by atoms with Crippen molar-refractivity contribution < 1.29 is 4.42 Å². The summed E-state index contributed by atoms with van der Waals surface area (Å²) in [6.45, 7) is 0. The van der Waals surface area contributed by atoms with E-state index in [1.54, 1.807) is 0 Å². The van der Waals surface area contributed by atoms with Gasteiger partial charge in [-0.2, -0.15) is 0 Å². The van der Waals surface area contributed by atoms with Gasteiger partial charge in [0.2, 0.25) is 0 Å². The number of fused-ring (bicyclic) bond motifs is 6. The van der Waals surface area contributed by atoms with Crippen molar-refractivity contribution in [3.05, 3.63) is 204 Å². The van der Waals surface area contributed by atoms with E-state index < -0.39 is 0 Å². The van der Waals surface area contributed by atoms with E-state index in [-0.39, 0.29) is 0 Å². The zero-order chi connectivity index (χ0) is 31.2. The van der Waals surface area contributed by atoms with Crippen LogP contribution in [0.5, 0.6) is 0 Å². The van der Waals surface area contributed by atoms with Gasteiger partial charge in [0.1, 0.15) is 11.2 Å². The summed E-state index contributed by atoms with van der Waals surface area (Å²) in [7, 11) is 0. The molecule has 0 radical (unpaired) electrons. The lowest BCUT2D eigenvalue weighted by Gasteiger charge is -2.18. The zero-order valence-corrected chi connectivity index (χ0v) is 25.7. The van der Waals surface area contributed by atoms with E-state index in [0.717, 1.165) is 49.8 Å². The second-order valence-electron chi connectivity index (χ2n) is 12.0. The standard InChI is InChI=1S/C46H30O/c1-4-15-31(16-5-1)44(32-17-6-2-7-18-32)45(33-19-8-3-9-20-33)40-26-14-25-39-42-30-35(27-28-43(42)47-46(39)40)41-29-34-21-10-11-22-36(34)37-23-12-13-24-38(37)41/h1-30H. The summed E-state index contributed by atoms with van der Waals surface area (Å²) in [6.07, 6.45) is 0. The van der Waals surface area contributed by atoms with Crippen molar-refractivity contribution in [2.45, 2.75) is 0 Å². The minimum Gasteiger partial charge on any atom is -0.455 e. The van der Waals surface area contributed by atoms with Crippen molar-refractivity contribution in [1.82, 2.24) is 0 Å². The number of rotatable bonds is 5. The van der Waals surface area contributed by atoms with Gasteiger partial charge in [-0.25, -0.2) is 0 Å². The minimum atomic E-state index is 0.884. The van der Waals surface area contributed by atoms with Crippen molar-refractivity contribution in [2.24, 2.45) is 0 Å². The number of para-hydroxylation sites is 1. The van der Waals surface area contributed by atoms with Crippen molar-refractivity contribution in [1.29, 1.82) is 0 Å². The number of hydrogen-bond acceptors (Lipinski definition) is 1. The minimum absolute atomic E-state index is 0.884. The molecular formula is C46H30O. The molecule has 0 N–H and O–H groups in total. The average Bonchev–Trinajstić information content (AvgIpc) is 3.53. The Morgan fingerprint density at radius 3 is 1.60 bits per heavy atom. The first-order chi connectivity index (χ1) is 23.3. The first-order valence-electron chi connectivity index (χ1n) is 16.1. The molecule has 0 aliphatic heterocycles. The summed E-state index contributed by atoms with van der Waals surface area (Å²) in [5.74, 6) is 0. The molecule has 220 valence electrons. The first kappa shape index (κ1) is 27.2. The molecule has 0 spiro atoms. The van der Waals surface area contributed by atoms with Gasteiger partial charge in [0.05, 0.1) is 0 Å². The SMILES string of the molecule is c1ccc(C(=C(c2ccccc2)c2cccc3c2oc2ccc(-c4cc5ccccc5c5ccccc45)cc23)c2ccccc2)cc1. The van der Waals surface area contributed by atoms with Crippen LogP contribution in [0.3, 0.4) is 0 Å². The third kappa shape index (κ3) is 4.64. The van der Waals surface area contributed by atoms with Crippen LogP contribution in [0, 0.1) is 0 Å². The molecule has 1 heteroatoms. The summed E-state index contributed by atoms with van der Waals surface area (Å²) in [5, 5.41) is 7.27. The van der Waals surface area contributed by atoms with Crippen molar-refractivity contribution in [3.8, 4) is 11.1 Å². The summed E-state index contributed by atoms with van der Waals surface area (Å²) < 4.78 is 6.82. The Kier molecular flexibility index (Phi) is 6.54. The van der Waals surface area contributed by atoms with Gasteiger partial charge in [0, 0.05) is 21.9 Å². The Balaban J connectivity index is 1.33. The summed E-state index contributed by atoms with van der Waals surface area (Å²) in [6, 6.07) is 65.0. The molecule has 8 aromatic carbocycles. The van der Waals surface area contributed by atoms with Crippen molar-refractivity contribution in [2.75, 3.05) is 0 Å². The van der Waals surface area contributed by atoms with Crippen molar-refractivity contribution >= 4 is 54.6 Å². The summed E-state index contributed by atoms with van der Waals surface area (Å²) in [5.41, 5.74) is 11.1. The fourth-order valence-electron chi connectivity index (χ4n) is 7.16. The summed E-state index contributed by atoms with van der Waals surface area (Å²) >= 11 is 0. The van der Waals surface area contributed by atoms with Crippen LogP contribution in [0.2, 0.25) is 0 Å². The van der Waals surface area contributed by atoms with Gasteiger partial charge in [-0.3, -0.25) is 0 Å². The summed E-state index contributed by atoms with van der Waals surface area (Å²) in [4.78, 5) is 0. The van der Waals surface area contributed by atoms with Gasteiger partial charge in [-0.15, -0.1) is 0 Å². The molecular weight excluding hydrogens is 569 g/mol. The quantitative estimate of drug-likeness (QED) is 0.142. The molecule has 47 heavy (non-hydrogen) atoms. The highest BCUT2D eigenvalue weighted by molar-refractivity contribution is 6.17. The maximum atomic E-state index is 6.82. The fraction of sp³-hybridized carbons (Fsp3) is 0. The van der Waals surface area contributed by atoms with E-state index in [2.05, 4.69) is 182 Å². The Labute approximate surface area is 273 Å². The van der Waals surface area contributed by atoms with Gasteiger partial charge in [-0.1, -0.05) is 164 Å². The topological polar surface area (TPSA) is 13.1 Å². The molecule has 0 amide bonds. The normalized spacial score (nSPS) is 11.4. The molecule has 0 saturated carbocycles. The van der Waals surface area contributed by atoms with E-state index in [1.807, 2.05) is 0 Å². The molecule has 1 nitrogen and oxygen atoms in total. The monoisotopic (exact) mass is 598 g/mol. The highest BCUT2D eigenvalue weighted by atomic mass is 16.3. The molecule has 0 unspecified atom stereocenters. The molecule has 0 saturated heterocycles. The first-order valence-corrected chi connectivity index (χ1v) is 16.1. The lowest BCUT2D eigenvalue weighted by molar-refractivity contribution is 0.668. The molecule has 0 bridgehead atoms. The average molecular weight is 599 g/mol. The molecule has 0 atom stereocenters. The van der Waals surface area contributed by atoms with E-state index in [1.165, 1.54) is 38.2 Å². The van der Waals surface area contributed by atoms with Crippen LogP contribution < -0.4 is 0 Å². The van der Waals surface area contributed by atoms with Gasteiger partial charge >= 0.3 is 0 Å². The molecule has 9 rings (SSSR count). The van der Waals surface area contributed by atoms with Crippen molar-refractivity contribution in [3.63, 3.8) is 0 Å². The predicted octanol–water partition coefficient (Wildman–Crippen LogP) is 12.6. The fourth-order valence-corrected chi connectivity index (χ4v) is 7.16. The maximum Gasteiger partial charge on any atom is 0.143 e. The third-order valence-electron chi connectivity index (χ3n) is 9.28. The van der Waals surface area contributed by atoms with E-state index in [4.69, 9.17) is 4.42 Å². The Bertz CT molecular complexity index is 2550. The van der Waals surface area contributed by atoms with Crippen LogP contribution >= 0.6 is 0 Å². The number of hydrogen-bond donors (Lipinski definition) is 0. The molecule has 0 aliphatic carbocycles.